The van der Waals surface area contributed by atoms with Gasteiger partial charge < -0.3 is 24.9 Å². The fourth-order valence-corrected chi connectivity index (χ4v) is 3.34. The summed E-state index contributed by atoms with van der Waals surface area (Å²) in [6.45, 7) is 2.08. The van der Waals surface area contributed by atoms with Crippen LogP contribution in [-0.2, 0) is 14.3 Å². The first-order valence-electron chi connectivity index (χ1n) is 9.42. The van der Waals surface area contributed by atoms with Gasteiger partial charge in [0.25, 0.3) is 5.91 Å². The number of fused-ring (bicyclic) bond motifs is 1. The van der Waals surface area contributed by atoms with Gasteiger partial charge in [-0.1, -0.05) is 0 Å². The third-order valence-electron chi connectivity index (χ3n) is 4.80. The summed E-state index contributed by atoms with van der Waals surface area (Å²) in [7, 11) is 0. The number of benzene rings is 1. The van der Waals surface area contributed by atoms with Gasteiger partial charge in [-0.3, -0.25) is 10.2 Å². The molecule has 0 unspecified atom stereocenters. The van der Waals surface area contributed by atoms with Crippen molar-refractivity contribution in [2.75, 3.05) is 13.2 Å². The molecule has 0 saturated heterocycles. The highest BCUT2D eigenvalue weighted by Gasteiger charge is 2.25. The summed E-state index contributed by atoms with van der Waals surface area (Å²) in [5.41, 5.74) is 6.66. The van der Waals surface area contributed by atoms with Gasteiger partial charge in [-0.25, -0.2) is 4.79 Å². The van der Waals surface area contributed by atoms with Crippen molar-refractivity contribution in [2.45, 2.75) is 44.8 Å². The zero-order chi connectivity index (χ0) is 20.1. The predicted octanol–water partition coefficient (Wildman–Crippen LogP) is 2.34. The molecule has 0 spiro atoms. The number of amides is 1. The number of hydrogen-bond acceptors (Lipinski definition) is 6. The van der Waals surface area contributed by atoms with E-state index in [4.69, 9.17) is 25.0 Å². The summed E-state index contributed by atoms with van der Waals surface area (Å²) in [5, 5.41) is 11.2. The molecule has 0 aliphatic heterocycles. The minimum Gasteiger partial charge on any atom is -0.464 e. The first-order chi connectivity index (χ1) is 13.5. The summed E-state index contributed by atoms with van der Waals surface area (Å²) in [4.78, 5) is 23.9. The maximum atomic E-state index is 12.5. The maximum Gasteiger partial charge on any atom is 0.332 e. The van der Waals surface area contributed by atoms with Crippen LogP contribution in [0.15, 0.2) is 28.7 Å². The van der Waals surface area contributed by atoms with Crippen molar-refractivity contribution >= 4 is 28.7 Å². The van der Waals surface area contributed by atoms with Crippen LogP contribution in [0.1, 0.15) is 48.7 Å². The molecule has 1 amide bonds. The van der Waals surface area contributed by atoms with E-state index < -0.39 is 0 Å². The van der Waals surface area contributed by atoms with Crippen molar-refractivity contribution in [3.05, 3.63) is 35.6 Å². The van der Waals surface area contributed by atoms with Crippen LogP contribution in [-0.4, -0.2) is 43.1 Å². The van der Waals surface area contributed by atoms with E-state index in [1.165, 1.54) is 0 Å². The second-order valence-corrected chi connectivity index (χ2v) is 6.84. The highest BCUT2D eigenvalue weighted by Crippen LogP contribution is 2.24. The summed E-state index contributed by atoms with van der Waals surface area (Å²) >= 11 is 0. The van der Waals surface area contributed by atoms with Gasteiger partial charge in [0, 0.05) is 17.0 Å². The van der Waals surface area contributed by atoms with Crippen molar-refractivity contribution < 1.29 is 23.5 Å². The minimum atomic E-state index is -0.351. The zero-order valence-electron chi connectivity index (χ0n) is 15.8. The quantitative estimate of drug-likeness (QED) is 0.380. The molecule has 150 valence electrons. The van der Waals surface area contributed by atoms with Crippen molar-refractivity contribution in [3.63, 3.8) is 0 Å². The minimum absolute atomic E-state index is 0.00811. The van der Waals surface area contributed by atoms with Crippen molar-refractivity contribution in [1.29, 1.82) is 5.41 Å². The van der Waals surface area contributed by atoms with Crippen LogP contribution in [0.4, 0.5) is 0 Å². The summed E-state index contributed by atoms with van der Waals surface area (Å²) in [5.74, 6) is -0.417. The number of carbonyl (C=O) groups excluding carboxylic acids is 2. The molecule has 1 saturated carbocycles. The smallest absolute Gasteiger partial charge is 0.332 e. The molecule has 4 N–H and O–H groups in total. The van der Waals surface area contributed by atoms with Gasteiger partial charge in [-0.2, -0.15) is 0 Å². The molecular weight excluding hydrogens is 362 g/mol. The van der Waals surface area contributed by atoms with E-state index in [2.05, 4.69) is 5.32 Å². The van der Waals surface area contributed by atoms with Gasteiger partial charge in [-0.15, -0.1) is 0 Å². The van der Waals surface area contributed by atoms with Gasteiger partial charge in [0.2, 0.25) is 0 Å². The molecule has 28 heavy (non-hydrogen) atoms. The zero-order valence-corrected chi connectivity index (χ0v) is 15.8. The van der Waals surface area contributed by atoms with Crippen LogP contribution in [0, 0.1) is 5.41 Å². The summed E-state index contributed by atoms with van der Waals surface area (Å²) in [6, 6.07) is 6.81. The lowest BCUT2D eigenvalue weighted by molar-refractivity contribution is -0.151. The number of carbonyl (C=O) groups is 2. The Kier molecular flexibility index (Phi) is 6.30. The highest BCUT2D eigenvalue weighted by atomic mass is 16.6. The second-order valence-electron chi connectivity index (χ2n) is 6.84. The van der Waals surface area contributed by atoms with Crippen LogP contribution < -0.4 is 11.1 Å². The van der Waals surface area contributed by atoms with Crippen LogP contribution in [0.25, 0.3) is 11.0 Å². The number of rotatable bonds is 7. The van der Waals surface area contributed by atoms with E-state index in [9.17, 15) is 9.59 Å². The van der Waals surface area contributed by atoms with Crippen LogP contribution >= 0.6 is 0 Å². The Labute approximate surface area is 162 Å². The van der Waals surface area contributed by atoms with E-state index in [0.29, 0.717) is 17.8 Å². The fourth-order valence-electron chi connectivity index (χ4n) is 3.34. The lowest BCUT2D eigenvalue weighted by Crippen LogP contribution is -2.39. The topological polar surface area (TPSA) is 128 Å². The van der Waals surface area contributed by atoms with E-state index in [-0.39, 0.29) is 42.2 Å². The van der Waals surface area contributed by atoms with Crippen molar-refractivity contribution in [2.24, 2.45) is 5.73 Å². The molecule has 1 aromatic heterocycles. The molecule has 8 heteroatoms. The molecule has 0 atom stereocenters. The molecule has 0 bridgehead atoms. The molecule has 0 radical (unpaired) electrons. The van der Waals surface area contributed by atoms with E-state index in [0.717, 1.165) is 31.1 Å². The average Bonchev–Trinajstić information content (AvgIpc) is 3.11. The van der Waals surface area contributed by atoms with Gasteiger partial charge in [-0.05, 0) is 56.9 Å². The standard InChI is InChI=1S/C20H25N3O5/c1-2-26-18(24)11-27-15-6-4-14(5-7-15)23-20(25)17-10-13-9-12(19(21)22)3-8-16(13)28-17/h3,8-10,14-15H,2,4-7,11H2,1H3,(H3,21,22)(H,23,25)/t14-,15-. The predicted molar refractivity (Wildman–Crippen MR) is 103 cm³/mol. The third-order valence-corrected chi connectivity index (χ3v) is 4.80. The van der Waals surface area contributed by atoms with E-state index in [1.54, 1.807) is 31.2 Å². The average molecular weight is 387 g/mol. The first-order valence-corrected chi connectivity index (χ1v) is 9.42. The highest BCUT2D eigenvalue weighted by molar-refractivity contribution is 6.00. The maximum absolute atomic E-state index is 12.5. The number of ether oxygens (including phenoxy) is 2. The Morgan fingerprint density at radius 1 is 1.25 bits per heavy atom. The first kappa shape index (κ1) is 19.9. The van der Waals surface area contributed by atoms with E-state index in [1.807, 2.05) is 0 Å². The number of amidine groups is 1. The third kappa shape index (κ3) is 4.89. The number of nitrogens with two attached hydrogens (primary N) is 1. The Morgan fingerprint density at radius 2 is 2.00 bits per heavy atom. The van der Waals surface area contributed by atoms with Crippen molar-refractivity contribution in [3.8, 4) is 0 Å². The number of nitrogen functional groups attached to an aromatic ring is 1. The molecule has 1 aliphatic rings. The molecule has 1 aromatic carbocycles. The van der Waals surface area contributed by atoms with Crippen molar-refractivity contribution in [1.82, 2.24) is 5.32 Å². The van der Waals surface area contributed by atoms with Gasteiger partial charge in [0.15, 0.2) is 5.76 Å². The number of furan rings is 1. The van der Waals surface area contributed by atoms with Crippen LogP contribution in [0.3, 0.4) is 0 Å². The molecule has 1 aliphatic carbocycles. The molecule has 2 aromatic rings. The van der Waals surface area contributed by atoms with Gasteiger partial charge in [0.1, 0.15) is 18.0 Å². The summed E-state index contributed by atoms with van der Waals surface area (Å²) in [6.07, 6.45) is 3.09. The lowest BCUT2D eigenvalue weighted by atomic mass is 9.93. The monoisotopic (exact) mass is 387 g/mol. The largest absolute Gasteiger partial charge is 0.464 e. The Hall–Kier alpha value is -2.87. The Morgan fingerprint density at radius 3 is 2.68 bits per heavy atom. The molecule has 1 fully saturated rings. The lowest BCUT2D eigenvalue weighted by Gasteiger charge is -2.28. The Balaban J connectivity index is 1.51. The van der Waals surface area contributed by atoms with Gasteiger partial charge in [0.05, 0.1) is 12.7 Å². The molecule has 8 nitrogen and oxygen atoms in total. The van der Waals surface area contributed by atoms with E-state index >= 15 is 0 Å². The number of esters is 1. The number of hydrogen-bond donors (Lipinski definition) is 3. The van der Waals surface area contributed by atoms with Gasteiger partial charge >= 0.3 is 5.97 Å². The Bertz CT molecular complexity index is 868. The molecule has 3 rings (SSSR count). The van der Waals surface area contributed by atoms with Crippen LogP contribution in [0.5, 0.6) is 0 Å². The SMILES string of the molecule is CCOC(=O)CO[C@H]1CC[C@H](NC(=O)c2cc3cc(C(=N)N)ccc3o2)CC1. The number of nitrogens with one attached hydrogen (secondary N) is 2. The second kappa shape index (κ2) is 8.88. The van der Waals surface area contributed by atoms with Crippen LogP contribution in [0.2, 0.25) is 0 Å². The fraction of sp³-hybridized carbons (Fsp3) is 0.450. The summed E-state index contributed by atoms with van der Waals surface area (Å²) < 4.78 is 16.0. The molecular formula is C20H25N3O5. The normalized spacial score (nSPS) is 19.3. The molecule has 1 heterocycles.